The third kappa shape index (κ3) is 2.05. The highest BCUT2D eigenvalue weighted by atomic mass is 19.1. The zero-order chi connectivity index (χ0) is 12.5. The second-order valence-corrected chi connectivity index (χ2v) is 4.94. The smallest absolute Gasteiger partial charge is 0.164 e. The highest BCUT2D eigenvalue weighted by Crippen LogP contribution is 2.42. The summed E-state index contributed by atoms with van der Waals surface area (Å²) in [5, 5.41) is 3.34. The molecule has 98 valence electrons. The van der Waals surface area contributed by atoms with Crippen LogP contribution in [0.1, 0.15) is 36.6 Å². The Bertz CT molecular complexity index is 442. The van der Waals surface area contributed by atoms with Gasteiger partial charge in [-0.3, -0.25) is 0 Å². The Balaban J connectivity index is 2.05. The maximum atomic E-state index is 13.6. The summed E-state index contributed by atoms with van der Waals surface area (Å²) < 4.78 is 24.9. The highest BCUT2D eigenvalue weighted by Gasteiger charge is 2.26. The zero-order valence-electron chi connectivity index (χ0n) is 10.5. The van der Waals surface area contributed by atoms with Crippen LogP contribution in [0.5, 0.6) is 11.5 Å². The third-order valence-electron chi connectivity index (χ3n) is 3.65. The first-order chi connectivity index (χ1) is 8.75. The molecular formula is C14H18FNO2. The summed E-state index contributed by atoms with van der Waals surface area (Å²) in [6.07, 6.45) is 0.0915. The van der Waals surface area contributed by atoms with Gasteiger partial charge in [0, 0.05) is 18.0 Å². The van der Waals surface area contributed by atoms with Crippen LogP contribution in [0, 0.1) is 0 Å². The number of nitrogens with one attached hydrogen (secondary N) is 1. The molecule has 0 spiro atoms. The molecule has 3 nitrogen and oxygen atoms in total. The van der Waals surface area contributed by atoms with Gasteiger partial charge in [0.1, 0.15) is 19.4 Å². The number of hydrogen-bond acceptors (Lipinski definition) is 3. The summed E-state index contributed by atoms with van der Waals surface area (Å²) in [7, 11) is 0. The summed E-state index contributed by atoms with van der Waals surface area (Å²) in [6, 6.07) is 3.71. The van der Waals surface area contributed by atoms with Gasteiger partial charge in [-0.15, -0.1) is 0 Å². The van der Waals surface area contributed by atoms with Gasteiger partial charge in [-0.05, 0) is 37.6 Å². The summed E-state index contributed by atoms with van der Waals surface area (Å²) in [6.45, 7) is 4.61. The lowest BCUT2D eigenvalue weighted by molar-refractivity contribution is 0.168. The molecule has 1 saturated heterocycles. The maximum Gasteiger partial charge on any atom is 0.164 e. The van der Waals surface area contributed by atoms with Gasteiger partial charge >= 0.3 is 0 Å². The van der Waals surface area contributed by atoms with Crippen molar-refractivity contribution in [2.75, 3.05) is 26.3 Å². The Kier molecular flexibility index (Phi) is 3.12. The number of benzene rings is 1. The van der Waals surface area contributed by atoms with E-state index in [1.54, 1.807) is 13.0 Å². The van der Waals surface area contributed by atoms with Crippen molar-refractivity contribution >= 4 is 0 Å². The van der Waals surface area contributed by atoms with Crippen molar-refractivity contribution < 1.29 is 13.9 Å². The maximum absolute atomic E-state index is 13.6. The number of alkyl halides is 1. The van der Waals surface area contributed by atoms with Crippen molar-refractivity contribution in [3.8, 4) is 11.5 Å². The lowest BCUT2D eigenvalue weighted by atomic mass is 9.94. The standard InChI is InChI=1S/C14H18FNO2/c1-9(15)11-6-12(10-2-3-16-8-10)14-13(7-11)17-4-5-18-14/h6-7,9-10,16H,2-5,8H2,1H3. The SMILES string of the molecule is CC(F)c1cc2c(c(C3CCNC3)c1)OCCO2. The Morgan fingerprint density at radius 3 is 2.89 bits per heavy atom. The molecule has 2 aliphatic rings. The molecule has 0 aromatic heterocycles. The van der Waals surface area contributed by atoms with E-state index in [0.717, 1.165) is 30.8 Å². The van der Waals surface area contributed by atoms with Crippen LogP contribution in [0.15, 0.2) is 12.1 Å². The molecule has 3 rings (SSSR count). The van der Waals surface area contributed by atoms with E-state index in [0.29, 0.717) is 30.4 Å². The second kappa shape index (κ2) is 4.76. The molecule has 2 heterocycles. The molecule has 0 bridgehead atoms. The van der Waals surface area contributed by atoms with Crippen molar-refractivity contribution in [3.63, 3.8) is 0 Å². The number of hydrogen-bond donors (Lipinski definition) is 1. The van der Waals surface area contributed by atoms with Crippen LogP contribution >= 0.6 is 0 Å². The molecule has 1 aromatic carbocycles. The van der Waals surface area contributed by atoms with E-state index in [1.807, 2.05) is 6.07 Å². The first-order valence-corrected chi connectivity index (χ1v) is 6.54. The second-order valence-electron chi connectivity index (χ2n) is 4.94. The van der Waals surface area contributed by atoms with E-state index in [4.69, 9.17) is 9.47 Å². The monoisotopic (exact) mass is 251 g/mol. The molecule has 0 saturated carbocycles. The third-order valence-corrected chi connectivity index (χ3v) is 3.65. The molecule has 2 atom stereocenters. The van der Waals surface area contributed by atoms with E-state index in [-0.39, 0.29) is 0 Å². The number of ether oxygens (including phenoxy) is 2. The molecule has 0 aliphatic carbocycles. The van der Waals surface area contributed by atoms with E-state index >= 15 is 0 Å². The van der Waals surface area contributed by atoms with Crippen LogP contribution < -0.4 is 14.8 Å². The largest absolute Gasteiger partial charge is 0.486 e. The molecule has 2 aliphatic heterocycles. The van der Waals surface area contributed by atoms with Gasteiger partial charge in [0.2, 0.25) is 0 Å². The van der Waals surface area contributed by atoms with Crippen LogP contribution in [0.25, 0.3) is 0 Å². The van der Waals surface area contributed by atoms with Crippen molar-refractivity contribution in [2.24, 2.45) is 0 Å². The minimum absolute atomic E-state index is 0.402. The average Bonchev–Trinajstić information content (AvgIpc) is 2.91. The van der Waals surface area contributed by atoms with Crippen molar-refractivity contribution in [2.45, 2.75) is 25.4 Å². The number of halogens is 1. The highest BCUT2D eigenvalue weighted by molar-refractivity contribution is 5.52. The van der Waals surface area contributed by atoms with E-state index < -0.39 is 6.17 Å². The summed E-state index contributed by atoms with van der Waals surface area (Å²) in [5.41, 5.74) is 1.78. The predicted molar refractivity (Wildman–Crippen MR) is 67.2 cm³/mol. The minimum atomic E-state index is -0.978. The molecule has 0 amide bonds. The van der Waals surface area contributed by atoms with E-state index in [9.17, 15) is 4.39 Å². The van der Waals surface area contributed by atoms with Gasteiger partial charge in [0.25, 0.3) is 0 Å². The molecule has 18 heavy (non-hydrogen) atoms. The molecule has 2 unspecified atom stereocenters. The minimum Gasteiger partial charge on any atom is -0.486 e. The number of fused-ring (bicyclic) bond motifs is 1. The van der Waals surface area contributed by atoms with Gasteiger partial charge in [-0.1, -0.05) is 0 Å². The average molecular weight is 251 g/mol. The number of rotatable bonds is 2. The van der Waals surface area contributed by atoms with E-state index in [1.165, 1.54) is 0 Å². The van der Waals surface area contributed by atoms with Gasteiger partial charge in [0.05, 0.1) is 0 Å². The van der Waals surface area contributed by atoms with Gasteiger partial charge in [-0.25, -0.2) is 4.39 Å². The Morgan fingerprint density at radius 1 is 1.33 bits per heavy atom. The molecule has 1 fully saturated rings. The molecule has 1 N–H and O–H groups in total. The topological polar surface area (TPSA) is 30.5 Å². The van der Waals surface area contributed by atoms with E-state index in [2.05, 4.69) is 5.32 Å². The normalized spacial score (nSPS) is 24.0. The lowest BCUT2D eigenvalue weighted by Crippen LogP contribution is -2.18. The van der Waals surface area contributed by atoms with Crippen molar-refractivity contribution in [1.29, 1.82) is 0 Å². The lowest BCUT2D eigenvalue weighted by Gasteiger charge is -2.24. The fourth-order valence-corrected chi connectivity index (χ4v) is 2.66. The van der Waals surface area contributed by atoms with Crippen molar-refractivity contribution in [3.05, 3.63) is 23.3 Å². The van der Waals surface area contributed by atoms with Gasteiger partial charge in [-0.2, -0.15) is 0 Å². The van der Waals surface area contributed by atoms with Crippen LogP contribution in [0.3, 0.4) is 0 Å². The van der Waals surface area contributed by atoms with Gasteiger partial charge < -0.3 is 14.8 Å². The Morgan fingerprint density at radius 2 is 2.17 bits per heavy atom. The van der Waals surface area contributed by atoms with Crippen LogP contribution in [-0.2, 0) is 0 Å². The summed E-state index contributed by atoms with van der Waals surface area (Å²) in [4.78, 5) is 0. The predicted octanol–water partition coefficient (Wildman–Crippen LogP) is 2.57. The molecular weight excluding hydrogens is 233 g/mol. The molecule has 0 radical (unpaired) electrons. The van der Waals surface area contributed by atoms with Crippen LogP contribution in [0.4, 0.5) is 4.39 Å². The first-order valence-electron chi connectivity index (χ1n) is 6.54. The molecule has 4 heteroatoms. The van der Waals surface area contributed by atoms with Crippen LogP contribution in [0.2, 0.25) is 0 Å². The van der Waals surface area contributed by atoms with Crippen molar-refractivity contribution in [1.82, 2.24) is 5.32 Å². The van der Waals surface area contributed by atoms with Gasteiger partial charge in [0.15, 0.2) is 11.5 Å². The first kappa shape index (κ1) is 11.8. The fourth-order valence-electron chi connectivity index (χ4n) is 2.66. The van der Waals surface area contributed by atoms with Crippen LogP contribution in [-0.4, -0.2) is 26.3 Å². The quantitative estimate of drug-likeness (QED) is 0.876. The zero-order valence-corrected chi connectivity index (χ0v) is 10.5. The summed E-state index contributed by atoms with van der Waals surface area (Å²) in [5.74, 6) is 1.92. The Hall–Kier alpha value is -1.29. The Labute approximate surface area is 106 Å². The molecule has 1 aromatic rings. The fraction of sp³-hybridized carbons (Fsp3) is 0.571. The summed E-state index contributed by atoms with van der Waals surface area (Å²) >= 11 is 0.